The lowest BCUT2D eigenvalue weighted by atomic mass is 9.84. The van der Waals surface area contributed by atoms with E-state index >= 15 is 0 Å². The molecule has 1 fully saturated rings. The van der Waals surface area contributed by atoms with Crippen molar-refractivity contribution in [2.24, 2.45) is 10.9 Å². The van der Waals surface area contributed by atoms with Crippen LogP contribution in [0, 0.1) is 5.92 Å². The molecule has 0 spiro atoms. The fourth-order valence-corrected chi connectivity index (χ4v) is 2.81. The quantitative estimate of drug-likeness (QED) is 0.865. The van der Waals surface area contributed by atoms with Gasteiger partial charge in [-0.1, -0.05) is 26.3 Å². The average molecular weight is 298 g/mol. The molecule has 4 nitrogen and oxygen atoms in total. The number of carbonyl (C=O) groups is 1. The van der Waals surface area contributed by atoms with Crippen molar-refractivity contribution < 1.29 is 9.53 Å². The second-order valence-electron chi connectivity index (χ2n) is 6.26. The lowest BCUT2D eigenvalue weighted by Crippen LogP contribution is -2.33. The molecule has 3 rings (SSSR count). The van der Waals surface area contributed by atoms with Gasteiger partial charge in [-0.3, -0.25) is 4.79 Å². The predicted octanol–water partition coefficient (Wildman–Crippen LogP) is 3.49. The Morgan fingerprint density at radius 3 is 2.73 bits per heavy atom. The van der Waals surface area contributed by atoms with Gasteiger partial charge in [0.05, 0.1) is 7.11 Å². The van der Waals surface area contributed by atoms with Gasteiger partial charge in [-0.25, -0.2) is 4.99 Å². The Morgan fingerprint density at radius 1 is 1.36 bits per heavy atom. The fourth-order valence-electron chi connectivity index (χ4n) is 2.81. The van der Waals surface area contributed by atoms with Crippen molar-refractivity contribution in [2.75, 3.05) is 7.11 Å². The summed E-state index contributed by atoms with van der Waals surface area (Å²) in [6.07, 6.45) is 5.35. The Labute approximate surface area is 131 Å². The monoisotopic (exact) mass is 298 g/mol. The highest BCUT2D eigenvalue weighted by atomic mass is 16.5. The number of methoxy groups -OCH3 is 1. The molecule has 1 aromatic rings. The molecule has 1 aromatic carbocycles. The first kappa shape index (κ1) is 14.8. The van der Waals surface area contributed by atoms with Crippen LogP contribution in [0.3, 0.4) is 0 Å². The number of nitrogens with one attached hydrogen (secondary N) is 1. The summed E-state index contributed by atoms with van der Waals surface area (Å²) in [5.41, 5.74) is 2.62. The Kier molecular flexibility index (Phi) is 4.01. The molecule has 0 atom stereocenters. The zero-order valence-electron chi connectivity index (χ0n) is 13.3. The van der Waals surface area contributed by atoms with Crippen LogP contribution in [-0.4, -0.2) is 18.9 Å². The number of amides is 1. The van der Waals surface area contributed by atoms with Gasteiger partial charge in [-0.15, -0.1) is 0 Å². The molecular weight excluding hydrogens is 276 g/mol. The van der Waals surface area contributed by atoms with Gasteiger partial charge in [0.25, 0.3) is 5.91 Å². The number of ether oxygens (including phenoxy) is 1. The summed E-state index contributed by atoms with van der Waals surface area (Å²) in [5, 5.41) is 2.90. The number of nitrogens with zero attached hydrogens (tertiary/aromatic N) is 1. The Morgan fingerprint density at radius 2 is 2.14 bits per heavy atom. The van der Waals surface area contributed by atoms with Gasteiger partial charge in [0.2, 0.25) is 0 Å². The second kappa shape index (κ2) is 5.95. The molecule has 1 heterocycles. The van der Waals surface area contributed by atoms with Gasteiger partial charge in [0.1, 0.15) is 17.3 Å². The zero-order valence-corrected chi connectivity index (χ0v) is 13.3. The highest BCUT2D eigenvalue weighted by molar-refractivity contribution is 6.15. The van der Waals surface area contributed by atoms with E-state index in [-0.39, 0.29) is 5.91 Å². The third-order valence-corrected chi connectivity index (χ3v) is 4.39. The van der Waals surface area contributed by atoms with Gasteiger partial charge in [-0.2, -0.15) is 0 Å². The Bertz CT molecular complexity index is 655. The van der Waals surface area contributed by atoms with Crippen LogP contribution in [0.25, 0.3) is 6.08 Å². The second-order valence-corrected chi connectivity index (χ2v) is 6.26. The first-order chi connectivity index (χ1) is 10.6. The summed E-state index contributed by atoms with van der Waals surface area (Å²) in [5.74, 6) is 2.44. The fraction of sp³-hybridized carbons (Fsp3) is 0.444. The molecule has 1 N–H and O–H groups in total. The summed E-state index contributed by atoms with van der Waals surface area (Å²) in [7, 11) is 1.68. The van der Waals surface area contributed by atoms with Crippen LogP contribution < -0.4 is 10.1 Å². The molecule has 0 bridgehead atoms. The molecule has 0 aromatic heterocycles. The van der Waals surface area contributed by atoms with E-state index in [1.54, 1.807) is 7.11 Å². The van der Waals surface area contributed by atoms with Crippen molar-refractivity contribution in [3.05, 3.63) is 35.0 Å². The molecule has 1 aliphatic heterocycles. The van der Waals surface area contributed by atoms with Crippen LogP contribution in [0.5, 0.6) is 5.75 Å². The average Bonchev–Trinajstić information content (AvgIpc) is 2.77. The number of hydrogen-bond donors (Lipinski definition) is 1. The lowest BCUT2D eigenvalue weighted by Gasteiger charge is -2.24. The summed E-state index contributed by atoms with van der Waals surface area (Å²) in [6, 6.07) is 5.98. The molecule has 4 heteroatoms. The van der Waals surface area contributed by atoms with Crippen molar-refractivity contribution in [1.29, 1.82) is 0 Å². The maximum Gasteiger partial charge on any atom is 0.275 e. The zero-order chi connectivity index (χ0) is 15.7. The molecule has 116 valence electrons. The van der Waals surface area contributed by atoms with Crippen LogP contribution in [0.2, 0.25) is 0 Å². The van der Waals surface area contributed by atoms with Crippen molar-refractivity contribution in [2.45, 2.75) is 39.0 Å². The number of carbonyl (C=O) groups excluding carboxylic acids is 1. The summed E-state index contributed by atoms with van der Waals surface area (Å²) in [6.45, 7) is 4.26. The highest BCUT2D eigenvalue weighted by Crippen LogP contribution is 2.31. The predicted molar refractivity (Wildman–Crippen MR) is 88.0 cm³/mol. The largest absolute Gasteiger partial charge is 0.496 e. The van der Waals surface area contributed by atoms with E-state index in [2.05, 4.69) is 30.2 Å². The van der Waals surface area contributed by atoms with E-state index in [1.165, 1.54) is 6.42 Å². The summed E-state index contributed by atoms with van der Waals surface area (Å²) < 4.78 is 5.40. The Balaban J connectivity index is 1.89. The number of aliphatic imine (C=N–C) groups is 1. The smallest absolute Gasteiger partial charge is 0.275 e. The molecule has 0 radical (unpaired) electrons. The van der Waals surface area contributed by atoms with E-state index < -0.39 is 0 Å². The first-order valence-electron chi connectivity index (χ1n) is 7.88. The van der Waals surface area contributed by atoms with Crippen LogP contribution in [0.4, 0.5) is 0 Å². The minimum absolute atomic E-state index is 0.0937. The van der Waals surface area contributed by atoms with E-state index in [9.17, 15) is 4.79 Å². The normalized spacial score (nSPS) is 20.1. The van der Waals surface area contributed by atoms with E-state index in [1.807, 2.05) is 18.2 Å². The number of rotatable bonds is 4. The molecule has 1 saturated carbocycles. The third kappa shape index (κ3) is 2.78. The standard InChI is InChI=1S/C18H22N2O2/c1-11(2)14-9-12(7-8-16(14)22-3)10-15-18(21)20-17(19-15)13-5-4-6-13/h7-11,13H,4-6H2,1-3H3,(H,19,20,21)/b15-10+. The summed E-state index contributed by atoms with van der Waals surface area (Å²) >= 11 is 0. The van der Waals surface area contributed by atoms with Crippen LogP contribution >= 0.6 is 0 Å². The molecule has 1 amide bonds. The van der Waals surface area contributed by atoms with Crippen LogP contribution in [0.15, 0.2) is 28.9 Å². The van der Waals surface area contributed by atoms with Crippen molar-refractivity contribution in [3.63, 3.8) is 0 Å². The molecule has 22 heavy (non-hydrogen) atoms. The van der Waals surface area contributed by atoms with Crippen LogP contribution in [0.1, 0.15) is 50.2 Å². The van der Waals surface area contributed by atoms with Gasteiger partial charge < -0.3 is 10.1 Å². The molecule has 2 aliphatic rings. The van der Waals surface area contributed by atoms with Crippen molar-refractivity contribution in [3.8, 4) is 5.75 Å². The molecule has 0 unspecified atom stereocenters. The third-order valence-electron chi connectivity index (χ3n) is 4.39. The summed E-state index contributed by atoms with van der Waals surface area (Å²) in [4.78, 5) is 16.5. The Hall–Kier alpha value is -2.10. The van der Waals surface area contributed by atoms with Gasteiger partial charge >= 0.3 is 0 Å². The molecule has 0 saturated heterocycles. The number of benzene rings is 1. The maximum absolute atomic E-state index is 12.1. The van der Waals surface area contributed by atoms with Gasteiger partial charge in [-0.05, 0) is 48.1 Å². The maximum atomic E-state index is 12.1. The highest BCUT2D eigenvalue weighted by Gasteiger charge is 2.30. The lowest BCUT2D eigenvalue weighted by molar-refractivity contribution is -0.115. The molecular formula is C18H22N2O2. The van der Waals surface area contributed by atoms with Crippen LogP contribution in [-0.2, 0) is 4.79 Å². The SMILES string of the molecule is COc1ccc(/C=C2/N=C(C3CCC3)NC2=O)cc1C(C)C. The number of amidine groups is 1. The van der Waals surface area contributed by atoms with Gasteiger partial charge in [0, 0.05) is 5.92 Å². The van der Waals surface area contributed by atoms with E-state index in [4.69, 9.17) is 4.74 Å². The first-order valence-corrected chi connectivity index (χ1v) is 7.88. The van der Waals surface area contributed by atoms with Crippen molar-refractivity contribution in [1.82, 2.24) is 5.32 Å². The van der Waals surface area contributed by atoms with Gasteiger partial charge in [0.15, 0.2) is 0 Å². The van der Waals surface area contributed by atoms with E-state index in [0.29, 0.717) is 17.5 Å². The topological polar surface area (TPSA) is 50.7 Å². The van der Waals surface area contributed by atoms with Crippen molar-refractivity contribution >= 4 is 17.8 Å². The minimum Gasteiger partial charge on any atom is -0.496 e. The minimum atomic E-state index is -0.0937. The van der Waals surface area contributed by atoms with E-state index in [0.717, 1.165) is 35.6 Å². The molecule has 1 aliphatic carbocycles. The number of hydrogen-bond acceptors (Lipinski definition) is 3.